The van der Waals surface area contributed by atoms with E-state index in [4.69, 9.17) is 23.2 Å². The first-order valence-electron chi connectivity index (χ1n) is 3.13. The van der Waals surface area contributed by atoms with Gasteiger partial charge in [-0.25, -0.2) is 0 Å². The van der Waals surface area contributed by atoms with E-state index in [9.17, 15) is 9.59 Å². The van der Waals surface area contributed by atoms with Gasteiger partial charge in [-0.3, -0.25) is 9.59 Å². The molecule has 11 heavy (non-hydrogen) atoms. The van der Waals surface area contributed by atoms with Crippen LogP contribution in [-0.4, -0.2) is 10.5 Å². The molecule has 0 aromatic rings. The van der Waals surface area contributed by atoms with Crippen molar-refractivity contribution in [1.82, 2.24) is 0 Å². The monoisotopic (exact) mass is 192 g/mol. The summed E-state index contributed by atoms with van der Waals surface area (Å²) in [7, 11) is 0. The Morgan fingerprint density at radius 1 is 1.45 bits per heavy atom. The van der Waals surface area contributed by atoms with Gasteiger partial charge in [0.1, 0.15) is 0 Å². The van der Waals surface area contributed by atoms with Crippen LogP contribution in [0, 0.1) is 5.92 Å². The van der Waals surface area contributed by atoms with Crippen LogP contribution in [-0.2, 0) is 9.59 Å². The Hall–Kier alpha value is -0.340. The molecule has 0 radical (unpaired) electrons. The van der Waals surface area contributed by atoms with E-state index in [1.54, 1.807) is 6.92 Å². The lowest BCUT2D eigenvalue weighted by molar-refractivity contribution is -0.117. The molecule has 0 N–H and O–H groups in total. The van der Waals surface area contributed by atoms with E-state index < -0.39 is 16.4 Å². The van der Waals surface area contributed by atoms with Gasteiger partial charge in [0.15, 0.2) is 0 Å². The van der Waals surface area contributed by atoms with Crippen LogP contribution < -0.4 is 0 Å². The molecule has 0 bridgehead atoms. The molecular formula is C7H6Cl2O2. The van der Waals surface area contributed by atoms with Crippen LogP contribution in [0.3, 0.4) is 0 Å². The van der Waals surface area contributed by atoms with Gasteiger partial charge < -0.3 is 0 Å². The van der Waals surface area contributed by atoms with Gasteiger partial charge in [0.25, 0.3) is 0 Å². The maximum atomic E-state index is 10.6. The summed E-state index contributed by atoms with van der Waals surface area (Å²) in [5.41, 5.74) is 1.25. The summed E-state index contributed by atoms with van der Waals surface area (Å²) >= 11 is 10.4. The predicted octanol–water partition coefficient (Wildman–Crippen LogP) is 1.85. The number of halogens is 2. The van der Waals surface area contributed by atoms with Gasteiger partial charge in [-0.2, -0.15) is 0 Å². The highest BCUT2D eigenvalue weighted by Crippen LogP contribution is 2.37. The Bertz CT molecular complexity index is 255. The van der Waals surface area contributed by atoms with E-state index in [-0.39, 0.29) is 0 Å². The number of hydrogen-bond donors (Lipinski definition) is 0. The SMILES string of the molecule is CC1=C(C(=O)Cl)C(C(=O)Cl)C1. The van der Waals surface area contributed by atoms with E-state index in [0.29, 0.717) is 12.0 Å². The molecule has 0 aromatic carbocycles. The molecular weight excluding hydrogens is 187 g/mol. The third kappa shape index (κ3) is 1.47. The number of allylic oxidation sites excluding steroid dienone is 2. The van der Waals surface area contributed by atoms with Gasteiger partial charge in [0.2, 0.25) is 10.5 Å². The summed E-state index contributed by atoms with van der Waals surface area (Å²) in [6.07, 6.45) is 0.566. The van der Waals surface area contributed by atoms with Gasteiger partial charge in [-0.1, -0.05) is 5.57 Å². The first-order valence-corrected chi connectivity index (χ1v) is 3.88. The van der Waals surface area contributed by atoms with Crippen molar-refractivity contribution in [2.45, 2.75) is 13.3 Å². The molecule has 0 heterocycles. The van der Waals surface area contributed by atoms with Crippen LogP contribution in [0.5, 0.6) is 0 Å². The topological polar surface area (TPSA) is 34.1 Å². The standard InChI is InChI=1S/C7H6Cl2O2/c1-3-2-4(6(8)10)5(3)7(9)11/h4H,2H2,1H3. The zero-order valence-electron chi connectivity index (χ0n) is 5.86. The second-order valence-electron chi connectivity index (χ2n) is 2.53. The summed E-state index contributed by atoms with van der Waals surface area (Å²) in [4.78, 5) is 21.3. The predicted molar refractivity (Wildman–Crippen MR) is 42.5 cm³/mol. The molecule has 0 aromatic heterocycles. The number of carbonyl (C=O) groups excluding carboxylic acids is 2. The second-order valence-corrected chi connectivity index (χ2v) is 3.24. The molecule has 1 aliphatic carbocycles. The largest absolute Gasteiger partial charge is 0.281 e. The maximum Gasteiger partial charge on any atom is 0.249 e. The highest BCUT2D eigenvalue weighted by atomic mass is 35.5. The van der Waals surface area contributed by atoms with Crippen molar-refractivity contribution in [3.05, 3.63) is 11.1 Å². The molecule has 1 atom stereocenters. The average molecular weight is 193 g/mol. The minimum Gasteiger partial charge on any atom is -0.281 e. The third-order valence-electron chi connectivity index (χ3n) is 1.80. The van der Waals surface area contributed by atoms with Crippen molar-refractivity contribution in [1.29, 1.82) is 0 Å². The van der Waals surface area contributed by atoms with Crippen molar-refractivity contribution in [2.75, 3.05) is 0 Å². The lowest BCUT2D eigenvalue weighted by atomic mass is 9.80. The van der Waals surface area contributed by atoms with Gasteiger partial charge in [0, 0.05) is 5.57 Å². The highest BCUT2D eigenvalue weighted by molar-refractivity contribution is 6.70. The molecule has 0 spiro atoms. The fourth-order valence-corrected chi connectivity index (χ4v) is 1.66. The molecule has 1 unspecified atom stereocenters. The van der Waals surface area contributed by atoms with E-state index >= 15 is 0 Å². The van der Waals surface area contributed by atoms with Gasteiger partial charge >= 0.3 is 0 Å². The molecule has 0 fully saturated rings. The number of carbonyl (C=O) groups is 2. The zero-order valence-corrected chi connectivity index (χ0v) is 7.37. The molecule has 0 aliphatic heterocycles. The molecule has 0 saturated carbocycles. The van der Waals surface area contributed by atoms with Gasteiger partial charge in [0.05, 0.1) is 5.92 Å². The smallest absolute Gasteiger partial charge is 0.249 e. The Labute approximate surface area is 74.2 Å². The summed E-state index contributed by atoms with van der Waals surface area (Å²) in [6, 6.07) is 0. The van der Waals surface area contributed by atoms with Crippen LogP contribution in [0.4, 0.5) is 0 Å². The maximum absolute atomic E-state index is 10.6. The highest BCUT2D eigenvalue weighted by Gasteiger charge is 2.35. The van der Waals surface area contributed by atoms with Crippen molar-refractivity contribution in [2.24, 2.45) is 5.92 Å². The zero-order chi connectivity index (χ0) is 8.59. The average Bonchev–Trinajstić information content (AvgIpc) is 1.80. The molecule has 4 heteroatoms. The molecule has 60 valence electrons. The van der Waals surface area contributed by atoms with Crippen molar-refractivity contribution in [3.8, 4) is 0 Å². The second kappa shape index (κ2) is 2.95. The van der Waals surface area contributed by atoms with Crippen LogP contribution in [0.15, 0.2) is 11.1 Å². The molecule has 2 nitrogen and oxygen atoms in total. The fourth-order valence-electron chi connectivity index (χ4n) is 1.18. The molecule has 0 saturated heterocycles. The van der Waals surface area contributed by atoms with Crippen LogP contribution in [0.1, 0.15) is 13.3 Å². The Morgan fingerprint density at radius 2 is 2.00 bits per heavy atom. The summed E-state index contributed by atoms with van der Waals surface area (Å²) < 4.78 is 0. The van der Waals surface area contributed by atoms with Crippen molar-refractivity contribution < 1.29 is 9.59 Å². The Balaban J connectivity index is 2.84. The summed E-state index contributed by atoms with van der Waals surface area (Å²) in [5, 5.41) is -1.06. The molecule has 1 aliphatic rings. The van der Waals surface area contributed by atoms with Crippen molar-refractivity contribution >= 4 is 33.7 Å². The first kappa shape index (κ1) is 8.75. The fraction of sp³-hybridized carbons (Fsp3) is 0.429. The quantitative estimate of drug-likeness (QED) is 0.627. The Kier molecular flexibility index (Phi) is 2.35. The van der Waals surface area contributed by atoms with E-state index in [2.05, 4.69) is 0 Å². The van der Waals surface area contributed by atoms with Crippen LogP contribution in [0.2, 0.25) is 0 Å². The first-order chi connectivity index (χ1) is 5.04. The van der Waals surface area contributed by atoms with Crippen molar-refractivity contribution in [3.63, 3.8) is 0 Å². The Morgan fingerprint density at radius 3 is 2.18 bits per heavy atom. The summed E-state index contributed by atoms with van der Waals surface area (Å²) in [5.74, 6) is -0.457. The third-order valence-corrected chi connectivity index (χ3v) is 2.27. The minimum atomic E-state index is -0.562. The number of rotatable bonds is 2. The summed E-state index contributed by atoms with van der Waals surface area (Å²) in [6.45, 7) is 1.77. The van der Waals surface area contributed by atoms with E-state index in [1.807, 2.05) is 0 Å². The normalized spacial score (nSPS) is 23.0. The molecule has 0 amide bonds. The van der Waals surface area contributed by atoms with E-state index in [1.165, 1.54) is 0 Å². The lowest BCUT2D eigenvalue weighted by Crippen LogP contribution is -2.26. The lowest BCUT2D eigenvalue weighted by Gasteiger charge is -2.25. The van der Waals surface area contributed by atoms with E-state index in [0.717, 1.165) is 5.57 Å². The van der Waals surface area contributed by atoms with Crippen LogP contribution >= 0.6 is 23.2 Å². The molecule has 1 rings (SSSR count). The van der Waals surface area contributed by atoms with Gasteiger partial charge in [-0.05, 0) is 36.5 Å². The van der Waals surface area contributed by atoms with Gasteiger partial charge in [-0.15, -0.1) is 0 Å². The minimum absolute atomic E-state index is 0.381. The van der Waals surface area contributed by atoms with Crippen LogP contribution in [0.25, 0.3) is 0 Å². The number of hydrogen-bond acceptors (Lipinski definition) is 2.